The van der Waals surface area contributed by atoms with E-state index in [9.17, 15) is 9.59 Å². The number of hydrogen-bond acceptors (Lipinski definition) is 3. The molecule has 1 rings (SSSR count). The van der Waals surface area contributed by atoms with E-state index >= 15 is 0 Å². The SMILES string of the molecule is Cc1cc(C)c([C@H](CC(=O)O)NC(=O)OC(C)(C)C)cc1C. The Morgan fingerprint density at radius 2 is 1.68 bits per heavy atom. The Kier molecular flexibility index (Phi) is 5.58. The van der Waals surface area contributed by atoms with E-state index in [1.54, 1.807) is 20.8 Å². The molecule has 0 saturated heterocycles. The predicted molar refractivity (Wildman–Crippen MR) is 85.0 cm³/mol. The van der Waals surface area contributed by atoms with Crippen LogP contribution in [0, 0.1) is 20.8 Å². The molecule has 0 bridgehead atoms. The number of carbonyl (C=O) groups excluding carboxylic acids is 1. The highest BCUT2D eigenvalue weighted by Gasteiger charge is 2.23. The lowest BCUT2D eigenvalue weighted by atomic mass is 9.94. The number of carboxylic acids is 1. The van der Waals surface area contributed by atoms with E-state index in [-0.39, 0.29) is 6.42 Å². The number of rotatable bonds is 4. The zero-order chi connectivity index (χ0) is 17.1. The molecule has 5 nitrogen and oxygen atoms in total. The molecule has 0 aliphatic carbocycles. The number of nitrogens with one attached hydrogen (secondary N) is 1. The Morgan fingerprint density at radius 3 is 2.18 bits per heavy atom. The molecular formula is C17H25NO4. The predicted octanol–water partition coefficient (Wildman–Crippen LogP) is 3.65. The van der Waals surface area contributed by atoms with Crippen LogP contribution >= 0.6 is 0 Å². The van der Waals surface area contributed by atoms with Crippen LogP contribution in [0.25, 0.3) is 0 Å². The van der Waals surface area contributed by atoms with Gasteiger partial charge in [0.05, 0.1) is 12.5 Å². The molecule has 0 fully saturated rings. The van der Waals surface area contributed by atoms with Gasteiger partial charge >= 0.3 is 12.1 Å². The van der Waals surface area contributed by atoms with Crippen LogP contribution in [-0.4, -0.2) is 22.8 Å². The van der Waals surface area contributed by atoms with Gasteiger partial charge in [-0.3, -0.25) is 4.79 Å². The fourth-order valence-electron chi connectivity index (χ4n) is 2.22. The van der Waals surface area contributed by atoms with Gasteiger partial charge in [0.2, 0.25) is 0 Å². The second-order valence-corrected chi connectivity index (χ2v) is 6.59. The molecule has 5 heteroatoms. The topological polar surface area (TPSA) is 75.6 Å². The quantitative estimate of drug-likeness (QED) is 0.890. The summed E-state index contributed by atoms with van der Waals surface area (Å²) < 4.78 is 5.22. The van der Waals surface area contributed by atoms with Gasteiger partial charge in [-0.25, -0.2) is 4.79 Å². The van der Waals surface area contributed by atoms with Crippen molar-refractivity contribution in [2.75, 3.05) is 0 Å². The number of aliphatic carboxylic acids is 1. The summed E-state index contributed by atoms with van der Waals surface area (Å²) in [6, 6.07) is 3.30. The van der Waals surface area contributed by atoms with Crippen LogP contribution in [0.2, 0.25) is 0 Å². The van der Waals surface area contributed by atoms with Gasteiger partial charge in [-0.15, -0.1) is 0 Å². The van der Waals surface area contributed by atoms with Crippen LogP contribution in [-0.2, 0) is 9.53 Å². The molecule has 1 atom stereocenters. The highest BCUT2D eigenvalue weighted by Crippen LogP contribution is 2.25. The van der Waals surface area contributed by atoms with Crippen molar-refractivity contribution in [2.45, 2.75) is 59.6 Å². The number of amides is 1. The van der Waals surface area contributed by atoms with Gasteiger partial charge in [-0.2, -0.15) is 0 Å². The highest BCUT2D eigenvalue weighted by atomic mass is 16.6. The van der Waals surface area contributed by atoms with E-state index < -0.39 is 23.7 Å². The first-order valence-electron chi connectivity index (χ1n) is 7.28. The number of hydrogen-bond donors (Lipinski definition) is 2. The van der Waals surface area contributed by atoms with Gasteiger partial charge in [0, 0.05) is 0 Å². The molecule has 0 aromatic heterocycles. The normalized spacial score (nSPS) is 12.6. The number of benzene rings is 1. The van der Waals surface area contributed by atoms with E-state index in [2.05, 4.69) is 5.32 Å². The van der Waals surface area contributed by atoms with E-state index in [1.165, 1.54) is 0 Å². The Hall–Kier alpha value is -2.04. The third-order valence-corrected chi connectivity index (χ3v) is 3.33. The van der Waals surface area contributed by atoms with Crippen molar-refractivity contribution in [3.05, 3.63) is 34.4 Å². The van der Waals surface area contributed by atoms with Crippen molar-refractivity contribution in [3.8, 4) is 0 Å². The number of carboxylic acid groups (broad SMARTS) is 1. The van der Waals surface area contributed by atoms with Crippen molar-refractivity contribution in [3.63, 3.8) is 0 Å². The highest BCUT2D eigenvalue weighted by molar-refractivity contribution is 5.72. The van der Waals surface area contributed by atoms with Gasteiger partial charge in [0.1, 0.15) is 5.60 Å². The van der Waals surface area contributed by atoms with Gasteiger partial charge in [0.25, 0.3) is 0 Å². The lowest BCUT2D eigenvalue weighted by Crippen LogP contribution is -2.36. The Balaban J connectivity index is 3.06. The van der Waals surface area contributed by atoms with E-state index in [4.69, 9.17) is 9.84 Å². The fourth-order valence-corrected chi connectivity index (χ4v) is 2.22. The average molecular weight is 307 g/mol. The van der Waals surface area contributed by atoms with Crippen LogP contribution < -0.4 is 5.32 Å². The fraction of sp³-hybridized carbons (Fsp3) is 0.529. The molecule has 22 heavy (non-hydrogen) atoms. The summed E-state index contributed by atoms with van der Waals surface area (Å²) in [5.74, 6) is -0.973. The third-order valence-electron chi connectivity index (χ3n) is 3.33. The minimum Gasteiger partial charge on any atom is -0.481 e. The van der Waals surface area contributed by atoms with Crippen LogP contribution in [0.3, 0.4) is 0 Å². The van der Waals surface area contributed by atoms with Crippen LogP contribution in [0.5, 0.6) is 0 Å². The molecule has 0 heterocycles. The molecule has 1 aromatic rings. The first-order chi connectivity index (χ1) is 9.99. The standard InChI is InChI=1S/C17H25NO4/c1-10-7-12(3)13(8-11(10)2)14(9-15(19)20)18-16(21)22-17(4,5)6/h7-8,14H,9H2,1-6H3,(H,18,21)(H,19,20)/t14-/m0/s1. The zero-order valence-electron chi connectivity index (χ0n) is 14.1. The van der Waals surface area contributed by atoms with E-state index in [1.807, 2.05) is 32.9 Å². The number of carbonyl (C=O) groups is 2. The largest absolute Gasteiger partial charge is 0.481 e. The Bertz CT molecular complexity index is 573. The Morgan fingerprint density at radius 1 is 1.14 bits per heavy atom. The molecule has 2 N–H and O–H groups in total. The minimum absolute atomic E-state index is 0.192. The molecule has 0 radical (unpaired) electrons. The van der Waals surface area contributed by atoms with Crippen LogP contribution in [0.15, 0.2) is 12.1 Å². The van der Waals surface area contributed by atoms with Crippen molar-refractivity contribution in [1.82, 2.24) is 5.32 Å². The molecule has 0 spiro atoms. The van der Waals surface area contributed by atoms with Gasteiger partial charge in [0.15, 0.2) is 0 Å². The molecule has 0 aliphatic heterocycles. The second-order valence-electron chi connectivity index (χ2n) is 6.59. The summed E-state index contributed by atoms with van der Waals surface area (Å²) in [7, 11) is 0. The van der Waals surface area contributed by atoms with Crippen molar-refractivity contribution in [1.29, 1.82) is 0 Å². The first-order valence-corrected chi connectivity index (χ1v) is 7.28. The smallest absolute Gasteiger partial charge is 0.408 e. The van der Waals surface area contributed by atoms with Gasteiger partial charge in [-0.05, 0) is 63.8 Å². The Labute approximate surface area is 131 Å². The molecule has 0 aliphatic rings. The number of ether oxygens (including phenoxy) is 1. The van der Waals surface area contributed by atoms with E-state index in [0.717, 1.165) is 22.3 Å². The maximum atomic E-state index is 12.0. The summed E-state index contributed by atoms with van der Waals surface area (Å²) in [5, 5.41) is 11.8. The number of alkyl carbamates (subject to hydrolysis) is 1. The average Bonchev–Trinajstić information content (AvgIpc) is 2.29. The molecule has 0 saturated carbocycles. The zero-order valence-corrected chi connectivity index (χ0v) is 14.1. The lowest BCUT2D eigenvalue weighted by Gasteiger charge is -2.24. The number of aryl methyl sites for hydroxylation is 3. The summed E-state index contributed by atoms with van der Waals surface area (Å²) in [6.07, 6.45) is -0.806. The summed E-state index contributed by atoms with van der Waals surface area (Å²) in [6.45, 7) is 11.2. The maximum Gasteiger partial charge on any atom is 0.408 e. The molecule has 1 amide bonds. The van der Waals surface area contributed by atoms with Crippen molar-refractivity contribution in [2.24, 2.45) is 0 Å². The molecule has 0 unspecified atom stereocenters. The molecule has 122 valence electrons. The lowest BCUT2D eigenvalue weighted by molar-refractivity contribution is -0.137. The maximum absolute atomic E-state index is 12.0. The summed E-state index contributed by atoms with van der Waals surface area (Å²) >= 11 is 0. The van der Waals surface area contributed by atoms with Crippen LogP contribution in [0.4, 0.5) is 4.79 Å². The minimum atomic E-state index is -0.973. The molecular weight excluding hydrogens is 282 g/mol. The first kappa shape index (κ1) is 18.0. The van der Waals surface area contributed by atoms with Gasteiger partial charge in [-0.1, -0.05) is 12.1 Å². The second kappa shape index (κ2) is 6.81. The van der Waals surface area contributed by atoms with Gasteiger partial charge < -0.3 is 15.2 Å². The summed E-state index contributed by atoms with van der Waals surface area (Å²) in [4.78, 5) is 23.1. The molecule has 1 aromatic carbocycles. The van der Waals surface area contributed by atoms with Crippen molar-refractivity contribution < 1.29 is 19.4 Å². The van der Waals surface area contributed by atoms with Crippen LogP contribution in [0.1, 0.15) is 55.5 Å². The summed E-state index contributed by atoms with van der Waals surface area (Å²) in [5.41, 5.74) is 3.31. The third kappa shape index (κ3) is 5.39. The monoisotopic (exact) mass is 307 g/mol. The van der Waals surface area contributed by atoms with Crippen molar-refractivity contribution >= 4 is 12.1 Å². The van der Waals surface area contributed by atoms with E-state index in [0.29, 0.717) is 0 Å².